The lowest BCUT2D eigenvalue weighted by atomic mass is 9.86. The quantitative estimate of drug-likeness (QED) is 0.460. The van der Waals surface area contributed by atoms with Gasteiger partial charge in [-0.15, -0.1) is 0 Å². The maximum atomic E-state index is 13.7. The Balaban J connectivity index is 1.72. The number of carbonyl (C=O) groups excluding carboxylic acids is 1. The molecule has 6 heteroatoms. The van der Waals surface area contributed by atoms with E-state index in [-0.39, 0.29) is 31.3 Å². The fraction of sp³-hybridized carbons (Fsp3) is 0.444. The van der Waals surface area contributed by atoms with Gasteiger partial charge in [-0.05, 0) is 73.4 Å². The van der Waals surface area contributed by atoms with Gasteiger partial charge < -0.3 is 15.7 Å². The third kappa shape index (κ3) is 7.21. The third-order valence-corrected chi connectivity index (χ3v) is 6.23. The summed E-state index contributed by atoms with van der Waals surface area (Å²) in [6.07, 6.45) is 6.94. The lowest BCUT2D eigenvalue weighted by Gasteiger charge is -2.30. The highest BCUT2D eigenvalue weighted by Crippen LogP contribution is 2.30. The Labute approximate surface area is 195 Å². The molecule has 1 aliphatic rings. The first-order valence-corrected chi connectivity index (χ1v) is 11.8. The van der Waals surface area contributed by atoms with E-state index >= 15 is 0 Å². The summed E-state index contributed by atoms with van der Waals surface area (Å²) < 4.78 is 27.4. The molecule has 0 fully saturated rings. The molecule has 0 saturated heterocycles. The van der Waals surface area contributed by atoms with Gasteiger partial charge >= 0.3 is 0 Å². The molecule has 2 aromatic carbocycles. The van der Waals surface area contributed by atoms with E-state index in [0.717, 1.165) is 31.7 Å². The van der Waals surface area contributed by atoms with E-state index in [0.29, 0.717) is 5.56 Å². The van der Waals surface area contributed by atoms with Gasteiger partial charge in [0.1, 0.15) is 11.6 Å². The monoisotopic (exact) mass is 456 g/mol. The Morgan fingerprint density at radius 3 is 2.64 bits per heavy atom. The molecule has 0 unspecified atom stereocenters. The molecule has 3 atom stereocenters. The Kier molecular flexibility index (Phi) is 9.15. The van der Waals surface area contributed by atoms with E-state index < -0.39 is 23.8 Å². The predicted octanol–water partition coefficient (Wildman–Crippen LogP) is 4.55. The molecule has 1 aliphatic carbocycles. The molecule has 0 heterocycles. The lowest BCUT2D eigenvalue weighted by molar-refractivity contribution is -0.121. The molecule has 2 aromatic rings. The number of fused-ring (bicyclic) bond motifs is 1. The smallest absolute Gasteiger partial charge is 0.224 e. The van der Waals surface area contributed by atoms with Gasteiger partial charge in [-0.1, -0.05) is 37.3 Å². The average Bonchev–Trinajstić information content (AvgIpc) is 2.79. The van der Waals surface area contributed by atoms with Gasteiger partial charge in [-0.25, -0.2) is 8.78 Å². The summed E-state index contributed by atoms with van der Waals surface area (Å²) in [4.78, 5) is 12.3. The van der Waals surface area contributed by atoms with E-state index in [1.54, 1.807) is 12.2 Å². The number of hydrogen-bond donors (Lipinski definition) is 3. The first kappa shape index (κ1) is 25.1. The molecule has 3 N–H and O–H groups in total. The van der Waals surface area contributed by atoms with Gasteiger partial charge in [0.05, 0.1) is 12.1 Å². The van der Waals surface area contributed by atoms with Gasteiger partial charge in [0.2, 0.25) is 5.91 Å². The van der Waals surface area contributed by atoms with Crippen LogP contribution in [0.5, 0.6) is 0 Å². The maximum absolute atomic E-state index is 13.7. The highest BCUT2D eigenvalue weighted by Gasteiger charge is 2.25. The van der Waals surface area contributed by atoms with Crippen LogP contribution in [0.4, 0.5) is 8.78 Å². The van der Waals surface area contributed by atoms with Crippen molar-refractivity contribution in [3.05, 3.63) is 82.4 Å². The van der Waals surface area contributed by atoms with Crippen LogP contribution in [0.1, 0.15) is 61.4 Å². The van der Waals surface area contributed by atoms with Crippen molar-refractivity contribution in [2.24, 2.45) is 0 Å². The minimum absolute atomic E-state index is 0.125. The van der Waals surface area contributed by atoms with Gasteiger partial charge in [-0.2, -0.15) is 0 Å². The number of carbonyl (C=O) groups is 1. The Morgan fingerprint density at radius 2 is 1.94 bits per heavy atom. The minimum Gasteiger partial charge on any atom is -0.390 e. The largest absolute Gasteiger partial charge is 0.390 e. The van der Waals surface area contributed by atoms with Crippen LogP contribution in [0.25, 0.3) is 0 Å². The first-order chi connectivity index (χ1) is 15.9. The fourth-order valence-electron chi connectivity index (χ4n) is 4.44. The summed E-state index contributed by atoms with van der Waals surface area (Å²) in [5.41, 5.74) is 4.27. The summed E-state index contributed by atoms with van der Waals surface area (Å²) in [7, 11) is 0. The third-order valence-electron chi connectivity index (χ3n) is 6.23. The molecule has 178 valence electrons. The van der Waals surface area contributed by atoms with Gasteiger partial charge in [0.15, 0.2) is 0 Å². The molecule has 0 aliphatic heterocycles. The van der Waals surface area contributed by atoms with E-state index in [9.17, 15) is 18.7 Å². The van der Waals surface area contributed by atoms with Crippen LogP contribution in [0.2, 0.25) is 0 Å². The molecule has 3 rings (SSSR count). The highest BCUT2D eigenvalue weighted by atomic mass is 19.1. The molecule has 0 aromatic heterocycles. The van der Waals surface area contributed by atoms with Crippen molar-refractivity contribution in [2.75, 3.05) is 6.54 Å². The molecule has 1 amide bonds. The van der Waals surface area contributed by atoms with Crippen LogP contribution in [0.3, 0.4) is 0 Å². The van der Waals surface area contributed by atoms with Crippen molar-refractivity contribution in [3.8, 4) is 0 Å². The van der Waals surface area contributed by atoms with Gasteiger partial charge in [0, 0.05) is 25.1 Å². The number of benzene rings is 2. The second kappa shape index (κ2) is 12.1. The summed E-state index contributed by atoms with van der Waals surface area (Å²) in [5, 5.41) is 17.3. The number of amides is 1. The van der Waals surface area contributed by atoms with Crippen molar-refractivity contribution in [1.82, 2.24) is 10.6 Å². The van der Waals surface area contributed by atoms with Crippen LogP contribution in [-0.4, -0.2) is 29.7 Å². The van der Waals surface area contributed by atoms with Gasteiger partial charge in [-0.3, -0.25) is 4.79 Å². The standard InChI is InChI=1S/C27H34F2N2O2/c1-3-5-9-27(33)31-25(15-19-12-21(28)16-22(29)13-19)26(32)17-30-24-8-6-7-20-11-10-18(4-2)14-23(20)24/h3,5,10-14,16,24-26,30,32H,4,6-9,15,17H2,1-2H3,(H,31,33)/b5-3+/t24-,25-,26+/m0/s1. The maximum Gasteiger partial charge on any atom is 0.224 e. The normalized spacial score (nSPS) is 17.5. The topological polar surface area (TPSA) is 61.4 Å². The van der Waals surface area contributed by atoms with Crippen molar-refractivity contribution in [1.29, 1.82) is 0 Å². The predicted molar refractivity (Wildman–Crippen MR) is 127 cm³/mol. The average molecular weight is 457 g/mol. The number of aliphatic hydroxyl groups is 1. The number of aliphatic hydroxyl groups excluding tert-OH is 1. The molecule has 4 nitrogen and oxygen atoms in total. The van der Waals surface area contributed by atoms with Crippen LogP contribution in [0.15, 0.2) is 48.6 Å². The number of aryl methyl sites for hydroxylation is 2. The second-order valence-corrected chi connectivity index (χ2v) is 8.74. The lowest BCUT2D eigenvalue weighted by Crippen LogP contribution is -2.49. The number of hydrogen-bond acceptors (Lipinski definition) is 3. The summed E-state index contributed by atoms with van der Waals surface area (Å²) in [6, 6.07) is 9.33. The van der Waals surface area contributed by atoms with E-state index in [1.165, 1.54) is 28.8 Å². The van der Waals surface area contributed by atoms with E-state index in [4.69, 9.17) is 0 Å². The summed E-state index contributed by atoms with van der Waals surface area (Å²) >= 11 is 0. The number of rotatable bonds is 10. The molecular weight excluding hydrogens is 422 g/mol. The summed E-state index contributed by atoms with van der Waals surface area (Å²) in [6.45, 7) is 4.21. The minimum atomic E-state index is -0.925. The van der Waals surface area contributed by atoms with Crippen molar-refractivity contribution >= 4 is 5.91 Å². The van der Waals surface area contributed by atoms with Crippen molar-refractivity contribution < 1.29 is 18.7 Å². The molecule has 0 saturated carbocycles. The zero-order chi connectivity index (χ0) is 23.8. The Bertz CT molecular complexity index is 956. The summed E-state index contributed by atoms with van der Waals surface area (Å²) in [5.74, 6) is -1.60. The van der Waals surface area contributed by atoms with E-state index in [2.05, 4.69) is 35.8 Å². The molecule has 33 heavy (non-hydrogen) atoms. The van der Waals surface area contributed by atoms with Crippen LogP contribution in [0, 0.1) is 11.6 Å². The highest BCUT2D eigenvalue weighted by molar-refractivity contribution is 5.77. The van der Waals surface area contributed by atoms with Crippen LogP contribution >= 0.6 is 0 Å². The van der Waals surface area contributed by atoms with Crippen LogP contribution in [-0.2, 0) is 24.1 Å². The zero-order valence-electron chi connectivity index (χ0n) is 19.4. The Hall–Kier alpha value is -2.57. The van der Waals surface area contributed by atoms with E-state index in [1.807, 2.05) is 6.92 Å². The molecule has 0 spiro atoms. The Morgan fingerprint density at radius 1 is 1.18 bits per heavy atom. The number of allylic oxidation sites excluding steroid dienone is 1. The molecule has 0 radical (unpaired) electrons. The number of halogens is 2. The van der Waals surface area contributed by atoms with Crippen molar-refractivity contribution in [2.45, 2.75) is 70.6 Å². The van der Waals surface area contributed by atoms with Gasteiger partial charge in [0.25, 0.3) is 0 Å². The molecular formula is C27H34F2N2O2. The SMILES string of the molecule is C/C=C/CC(=O)N[C@@H](Cc1cc(F)cc(F)c1)[C@H](O)CN[C@H]1CCCc2ccc(CC)cc21. The van der Waals surface area contributed by atoms with Crippen LogP contribution < -0.4 is 10.6 Å². The first-order valence-electron chi connectivity index (χ1n) is 11.8. The second-order valence-electron chi connectivity index (χ2n) is 8.74. The zero-order valence-corrected chi connectivity index (χ0v) is 19.4. The van der Waals surface area contributed by atoms with Crippen molar-refractivity contribution in [3.63, 3.8) is 0 Å². The number of nitrogens with one attached hydrogen (secondary N) is 2. The molecule has 0 bridgehead atoms. The fourth-order valence-corrected chi connectivity index (χ4v) is 4.44.